The van der Waals surface area contributed by atoms with Crippen LogP contribution in [0.3, 0.4) is 0 Å². The van der Waals surface area contributed by atoms with Gasteiger partial charge in [0.15, 0.2) is 0 Å². The molecular weight excluding hydrogens is 230 g/mol. The molecule has 0 aliphatic heterocycles. The topological polar surface area (TPSA) is 60.8 Å². The Morgan fingerprint density at radius 2 is 1.83 bits per heavy atom. The first kappa shape index (κ1) is 12.4. The lowest BCUT2D eigenvalue weighted by atomic mass is 9.99. The summed E-state index contributed by atoms with van der Waals surface area (Å²) in [6.07, 6.45) is 0. The number of aromatic hydroxyl groups is 1. The number of carbonyl (C=O) groups is 1. The molecule has 0 spiro atoms. The Kier molecular flexibility index (Phi) is 3.21. The molecule has 0 amide bonds. The average Bonchev–Trinajstić information content (AvgIpc) is 2.32. The molecule has 0 fully saturated rings. The van der Waals surface area contributed by atoms with Crippen molar-refractivity contribution in [3.63, 3.8) is 0 Å². The molecule has 0 aromatic heterocycles. The maximum atomic E-state index is 11.3. The van der Waals surface area contributed by atoms with Gasteiger partial charge in [0.1, 0.15) is 5.75 Å². The molecule has 4 nitrogen and oxygen atoms in total. The van der Waals surface area contributed by atoms with Gasteiger partial charge in [0, 0.05) is 17.5 Å². The average molecular weight is 245 g/mol. The van der Waals surface area contributed by atoms with Crippen LogP contribution in [0.15, 0.2) is 30.3 Å². The Bertz CT molecular complexity index is 605. The van der Waals surface area contributed by atoms with Crippen LogP contribution in [0.4, 0.5) is 0 Å². The van der Waals surface area contributed by atoms with Crippen LogP contribution in [-0.4, -0.2) is 35.2 Å². The van der Waals surface area contributed by atoms with Crippen molar-refractivity contribution in [1.29, 1.82) is 0 Å². The van der Waals surface area contributed by atoms with E-state index in [0.29, 0.717) is 22.9 Å². The fourth-order valence-electron chi connectivity index (χ4n) is 2.06. The Balaban J connectivity index is 2.74. The van der Waals surface area contributed by atoms with Crippen molar-refractivity contribution in [3.8, 4) is 5.75 Å². The maximum absolute atomic E-state index is 11.3. The monoisotopic (exact) mass is 245 g/mol. The Labute approximate surface area is 105 Å². The number of nitrogens with zero attached hydrogens (tertiary/aromatic N) is 1. The molecule has 2 aromatic carbocycles. The number of rotatable bonds is 3. The molecule has 0 unspecified atom stereocenters. The predicted octanol–water partition coefficient (Wildman–Crippen LogP) is 2.31. The summed E-state index contributed by atoms with van der Waals surface area (Å²) in [5.74, 6) is -0.824. The second-order valence-corrected chi connectivity index (χ2v) is 4.52. The lowest BCUT2D eigenvalue weighted by molar-refractivity contribution is 0.0699. The van der Waals surface area contributed by atoms with E-state index < -0.39 is 5.97 Å². The highest BCUT2D eigenvalue weighted by atomic mass is 16.4. The van der Waals surface area contributed by atoms with Crippen molar-refractivity contribution in [3.05, 3.63) is 41.5 Å². The molecule has 94 valence electrons. The van der Waals surface area contributed by atoms with Crippen LogP contribution in [0.1, 0.15) is 15.9 Å². The van der Waals surface area contributed by atoms with E-state index in [0.717, 1.165) is 0 Å². The Morgan fingerprint density at radius 1 is 1.22 bits per heavy atom. The predicted molar refractivity (Wildman–Crippen MR) is 70.0 cm³/mol. The van der Waals surface area contributed by atoms with Gasteiger partial charge in [-0.25, -0.2) is 4.79 Å². The van der Waals surface area contributed by atoms with Crippen LogP contribution >= 0.6 is 0 Å². The minimum absolute atomic E-state index is 0.157. The van der Waals surface area contributed by atoms with Crippen molar-refractivity contribution in [2.75, 3.05) is 14.1 Å². The van der Waals surface area contributed by atoms with E-state index in [2.05, 4.69) is 0 Å². The van der Waals surface area contributed by atoms with Crippen LogP contribution in [0, 0.1) is 0 Å². The summed E-state index contributed by atoms with van der Waals surface area (Å²) in [5.41, 5.74) is 0.844. The molecule has 0 saturated carbocycles. The Hall–Kier alpha value is -2.07. The number of aromatic carboxylic acids is 1. The number of phenolic OH excluding ortho intramolecular Hbond substituents is 1. The van der Waals surface area contributed by atoms with E-state index in [1.165, 1.54) is 0 Å². The second kappa shape index (κ2) is 4.66. The van der Waals surface area contributed by atoms with Crippen molar-refractivity contribution < 1.29 is 15.0 Å². The van der Waals surface area contributed by atoms with Gasteiger partial charge in [-0.05, 0) is 25.5 Å². The summed E-state index contributed by atoms with van der Waals surface area (Å²) < 4.78 is 0. The van der Waals surface area contributed by atoms with Gasteiger partial charge in [0.2, 0.25) is 0 Å². The van der Waals surface area contributed by atoms with Crippen molar-refractivity contribution in [1.82, 2.24) is 4.90 Å². The minimum Gasteiger partial charge on any atom is -0.507 e. The first-order chi connectivity index (χ1) is 8.50. The van der Waals surface area contributed by atoms with Gasteiger partial charge >= 0.3 is 5.97 Å². The van der Waals surface area contributed by atoms with E-state index in [9.17, 15) is 15.0 Å². The van der Waals surface area contributed by atoms with Gasteiger partial charge in [-0.2, -0.15) is 0 Å². The van der Waals surface area contributed by atoms with Crippen LogP contribution < -0.4 is 0 Å². The number of carboxylic acids is 1. The van der Waals surface area contributed by atoms with Gasteiger partial charge in [-0.1, -0.05) is 24.3 Å². The molecule has 0 radical (unpaired) electrons. The SMILES string of the molecule is CN(C)Cc1cc(C(=O)O)c2ccccc2c1O. The third-order valence-electron chi connectivity index (χ3n) is 2.81. The highest BCUT2D eigenvalue weighted by molar-refractivity contribution is 6.06. The molecule has 0 atom stereocenters. The molecule has 2 rings (SSSR count). The number of benzene rings is 2. The highest BCUT2D eigenvalue weighted by Gasteiger charge is 2.15. The molecule has 2 N–H and O–H groups in total. The van der Waals surface area contributed by atoms with E-state index in [4.69, 9.17) is 0 Å². The molecule has 0 heterocycles. The zero-order valence-electron chi connectivity index (χ0n) is 10.3. The third-order valence-corrected chi connectivity index (χ3v) is 2.81. The first-order valence-electron chi connectivity index (χ1n) is 5.62. The number of hydrogen-bond acceptors (Lipinski definition) is 3. The first-order valence-corrected chi connectivity index (χ1v) is 5.62. The highest BCUT2D eigenvalue weighted by Crippen LogP contribution is 2.32. The molecule has 0 bridgehead atoms. The van der Waals surface area contributed by atoms with Gasteiger partial charge in [0.05, 0.1) is 5.56 Å². The normalized spacial score (nSPS) is 11.1. The summed E-state index contributed by atoms with van der Waals surface area (Å²) in [7, 11) is 3.74. The summed E-state index contributed by atoms with van der Waals surface area (Å²) in [4.78, 5) is 13.2. The van der Waals surface area contributed by atoms with Crippen LogP contribution in [0.5, 0.6) is 5.75 Å². The smallest absolute Gasteiger partial charge is 0.336 e. The minimum atomic E-state index is -0.980. The van der Waals surface area contributed by atoms with Crippen molar-refractivity contribution in [2.24, 2.45) is 0 Å². The molecular formula is C14H15NO3. The molecule has 0 saturated heterocycles. The second-order valence-electron chi connectivity index (χ2n) is 4.52. The molecule has 0 aliphatic carbocycles. The summed E-state index contributed by atoms with van der Waals surface area (Å²) in [6.45, 7) is 0.497. The number of carboxylic acid groups (broad SMARTS) is 1. The fourth-order valence-corrected chi connectivity index (χ4v) is 2.06. The maximum Gasteiger partial charge on any atom is 0.336 e. The van der Waals surface area contributed by atoms with E-state index in [1.54, 1.807) is 30.3 Å². The zero-order valence-corrected chi connectivity index (χ0v) is 10.3. The molecule has 4 heteroatoms. The van der Waals surface area contributed by atoms with Gasteiger partial charge in [-0.15, -0.1) is 0 Å². The molecule has 2 aromatic rings. The van der Waals surface area contributed by atoms with Crippen LogP contribution in [-0.2, 0) is 6.54 Å². The third kappa shape index (κ3) is 2.15. The van der Waals surface area contributed by atoms with E-state index in [-0.39, 0.29) is 11.3 Å². The summed E-state index contributed by atoms with van der Waals surface area (Å²) in [6, 6.07) is 8.53. The summed E-state index contributed by atoms with van der Waals surface area (Å²) >= 11 is 0. The van der Waals surface area contributed by atoms with Crippen molar-refractivity contribution in [2.45, 2.75) is 6.54 Å². The lowest BCUT2D eigenvalue weighted by Gasteiger charge is -2.14. The summed E-state index contributed by atoms with van der Waals surface area (Å²) in [5, 5.41) is 20.6. The zero-order chi connectivity index (χ0) is 13.3. The number of phenols is 1. The largest absolute Gasteiger partial charge is 0.507 e. The van der Waals surface area contributed by atoms with Crippen molar-refractivity contribution >= 4 is 16.7 Å². The van der Waals surface area contributed by atoms with Gasteiger partial charge in [0.25, 0.3) is 0 Å². The fraction of sp³-hybridized carbons (Fsp3) is 0.214. The number of fused-ring (bicyclic) bond motifs is 1. The molecule has 18 heavy (non-hydrogen) atoms. The number of hydrogen-bond donors (Lipinski definition) is 2. The van der Waals surface area contributed by atoms with Crippen LogP contribution in [0.25, 0.3) is 10.8 Å². The van der Waals surface area contributed by atoms with E-state index in [1.807, 2.05) is 19.0 Å². The molecule has 0 aliphatic rings. The van der Waals surface area contributed by atoms with Gasteiger partial charge < -0.3 is 15.1 Å². The van der Waals surface area contributed by atoms with E-state index >= 15 is 0 Å². The lowest BCUT2D eigenvalue weighted by Crippen LogP contribution is -2.12. The standard InChI is InChI=1S/C14H15NO3/c1-15(2)8-9-7-12(14(17)18)10-5-3-4-6-11(10)13(9)16/h3-7,16H,8H2,1-2H3,(H,17,18). The van der Waals surface area contributed by atoms with Crippen LogP contribution in [0.2, 0.25) is 0 Å². The Morgan fingerprint density at radius 3 is 2.39 bits per heavy atom. The van der Waals surface area contributed by atoms with Gasteiger partial charge in [-0.3, -0.25) is 0 Å². The quantitative estimate of drug-likeness (QED) is 0.871.